The van der Waals surface area contributed by atoms with Crippen LogP contribution in [0.5, 0.6) is 0 Å². The highest BCUT2D eigenvalue weighted by Crippen LogP contribution is 2.10. The quantitative estimate of drug-likeness (QED) is 0.903. The van der Waals surface area contributed by atoms with E-state index in [-0.39, 0.29) is 18.0 Å². The van der Waals surface area contributed by atoms with Gasteiger partial charge in [-0.15, -0.1) is 0 Å². The molecule has 1 heterocycles. The molecule has 0 fully saturated rings. The second-order valence-corrected chi connectivity index (χ2v) is 4.84. The maximum Gasteiger partial charge on any atom is 0.335 e. The van der Waals surface area contributed by atoms with Crippen molar-refractivity contribution in [1.29, 1.82) is 0 Å². The number of aromatic carboxylic acids is 1. The van der Waals surface area contributed by atoms with Gasteiger partial charge in [-0.3, -0.25) is 9.78 Å². The molecule has 2 aromatic rings. The number of carboxylic acid groups (broad SMARTS) is 1. The number of amides is 1. The molecule has 0 bridgehead atoms. The summed E-state index contributed by atoms with van der Waals surface area (Å²) in [6, 6.07) is 8.47. The standard InChI is InChI=1S/C16H16N2O3/c1-10-3-4-14(11(2)7-10)15(19)18-9-13-8-12(16(20)21)5-6-17-13/h3-8H,9H2,1-2H3,(H,18,19)(H,20,21). The van der Waals surface area contributed by atoms with Crippen molar-refractivity contribution in [1.82, 2.24) is 10.3 Å². The Labute approximate surface area is 122 Å². The van der Waals surface area contributed by atoms with Gasteiger partial charge in [-0.1, -0.05) is 17.7 Å². The number of carbonyl (C=O) groups excluding carboxylic acids is 1. The van der Waals surface area contributed by atoms with Gasteiger partial charge in [-0.25, -0.2) is 4.79 Å². The Bertz CT molecular complexity index is 696. The number of hydrogen-bond acceptors (Lipinski definition) is 3. The van der Waals surface area contributed by atoms with Crippen LogP contribution < -0.4 is 5.32 Å². The van der Waals surface area contributed by atoms with Crippen LogP contribution in [0.3, 0.4) is 0 Å². The third-order valence-corrected chi connectivity index (χ3v) is 3.12. The fourth-order valence-electron chi connectivity index (χ4n) is 2.04. The van der Waals surface area contributed by atoms with Crippen molar-refractivity contribution in [2.24, 2.45) is 0 Å². The third kappa shape index (κ3) is 3.66. The molecule has 5 nitrogen and oxygen atoms in total. The number of nitrogens with one attached hydrogen (secondary N) is 1. The van der Waals surface area contributed by atoms with Crippen molar-refractivity contribution in [3.05, 3.63) is 64.5 Å². The van der Waals surface area contributed by atoms with E-state index >= 15 is 0 Å². The molecule has 5 heteroatoms. The summed E-state index contributed by atoms with van der Waals surface area (Å²) < 4.78 is 0. The Hall–Kier alpha value is -2.69. The average Bonchev–Trinajstić information content (AvgIpc) is 2.45. The first kappa shape index (κ1) is 14.7. The Morgan fingerprint density at radius 1 is 1.19 bits per heavy atom. The molecule has 1 aromatic heterocycles. The zero-order valence-corrected chi connectivity index (χ0v) is 11.9. The van der Waals surface area contributed by atoms with E-state index in [1.807, 2.05) is 26.0 Å². The van der Waals surface area contributed by atoms with E-state index in [2.05, 4.69) is 10.3 Å². The van der Waals surface area contributed by atoms with E-state index in [9.17, 15) is 9.59 Å². The van der Waals surface area contributed by atoms with Crippen molar-refractivity contribution in [2.45, 2.75) is 20.4 Å². The summed E-state index contributed by atoms with van der Waals surface area (Å²) in [6.45, 7) is 4.04. The fourth-order valence-corrected chi connectivity index (χ4v) is 2.04. The summed E-state index contributed by atoms with van der Waals surface area (Å²) >= 11 is 0. The van der Waals surface area contributed by atoms with E-state index < -0.39 is 5.97 Å². The van der Waals surface area contributed by atoms with Gasteiger partial charge in [-0.2, -0.15) is 0 Å². The number of carbonyl (C=O) groups is 2. The molecule has 0 aliphatic heterocycles. The van der Waals surface area contributed by atoms with Gasteiger partial charge in [0.15, 0.2) is 0 Å². The number of pyridine rings is 1. The van der Waals surface area contributed by atoms with Gasteiger partial charge in [-0.05, 0) is 37.6 Å². The topological polar surface area (TPSA) is 79.3 Å². The van der Waals surface area contributed by atoms with Crippen LogP contribution in [0.4, 0.5) is 0 Å². The van der Waals surface area contributed by atoms with Gasteiger partial charge in [0.05, 0.1) is 17.8 Å². The van der Waals surface area contributed by atoms with E-state index in [0.717, 1.165) is 11.1 Å². The molecule has 0 spiro atoms. The highest BCUT2D eigenvalue weighted by molar-refractivity contribution is 5.95. The predicted molar refractivity (Wildman–Crippen MR) is 78.3 cm³/mol. The summed E-state index contributed by atoms with van der Waals surface area (Å²) in [5.74, 6) is -1.21. The molecule has 108 valence electrons. The number of carboxylic acids is 1. The monoisotopic (exact) mass is 284 g/mol. The lowest BCUT2D eigenvalue weighted by atomic mass is 10.1. The van der Waals surface area contributed by atoms with Crippen molar-refractivity contribution in [3.8, 4) is 0 Å². The predicted octanol–water partition coefficient (Wildman–Crippen LogP) is 2.33. The zero-order valence-electron chi connectivity index (χ0n) is 11.9. The summed E-state index contributed by atoms with van der Waals surface area (Å²) in [6.07, 6.45) is 1.42. The second-order valence-electron chi connectivity index (χ2n) is 4.84. The van der Waals surface area contributed by atoms with Crippen LogP contribution in [0.15, 0.2) is 36.5 Å². The molecular weight excluding hydrogens is 268 g/mol. The summed E-state index contributed by atoms with van der Waals surface area (Å²) in [4.78, 5) is 27.0. The first-order chi connectivity index (χ1) is 9.97. The molecule has 0 unspecified atom stereocenters. The molecule has 2 N–H and O–H groups in total. The lowest BCUT2D eigenvalue weighted by Crippen LogP contribution is -2.24. The second kappa shape index (κ2) is 6.17. The smallest absolute Gasteiger partial charge is 0.335 e. The van der Waals surface area contributed by atoms with Gasteiger partial charge in [0.2, 0.25) is 0 Å². The van der Waals surface area contributed by atoms with Crippen LogP contribution in [0.25, 0.3) is 0 Å². The van der Waals surface area contributed by atoms with E-state index in [1.54, 1.807) is 6.07 Å². The molecule has 2 rings (SSSR count). The van der Waals surface area contributed by atoms with E-state index in [0.29, 0.717) is 11.3 Å². The first-order valence-electron chi connectivity index (χ1n) is 6.51. The number of benzene rings is 1. The first-order valence-corrected chi connectivity index (χ1v) is 6.51. The van der Waals surface area contributed by atoms with Crippen molar-refractivity contribution in [2.75, 3.05) is 0 Å². The van der Waals surface area contributed by atoms with Crippen molar-refractivity contribution < 1.29 is 14.7 Å². The number of hydrogen-bond donors (Lipinski definition) is 2. The van der Waals surface area contributed by atoms with Gasteiger partial charge in [0.1, 0.15) is 0 Å². The van der Waals surface area contributed by atoms with Crippen LogP contribution in [0, 0.1) is 13.8 Å². The number of aromatic nitrogens is 1. The van der Waals surface area contributed by atoms with Crippen LogP contribution in [-0.2, 0) is 6.54 Å². The highest BCUT2D eigenvalue weighted by atomic mass is 16.4. The van der Waals surface area contributed by atoms with Crippen LogP contribution in [-0.4, -0.2) is 22.0 Å². The molecule has 21 heavy (non-hydrogen) atoms. The normalized spacial score (nSPS) is 10.2. The Balaban J connectivity index is 2.07. The lowest BCUT2D eigenvalue weighted by molar-refractivity contribution is 0.0696. The molecule has 0 atom stereocenters. The van der Waals surface area contributed by atoms with Crippen LogP contribution in [0.2, 0.25) is 0 Å². The molecule has 1 aromatic carbocycles. The van der Waals surface area contributed by atoms with E-state index in [1.165, 1.54) is 18.3 Å². The molecule has 0 radical (unpaired) electrons. The fraction of sp³-hybridized carbons (Fsp3) is 0.188. The minimum absolute atomic E-state index is 0.153. The molecule has 0 aliphatic rings. The van der Waals surface area contributed by atoms with E-state index in [4.69, 9.17) is 5.11 Å². The average molecular weight is 284 g/mol. The lowest BCUT2D eigenvalue weighted by Gasteiger charge is -2.08. The number of aryl methyl sites for hydroxylation is 2. The summed E-state index contributed by atoms with van der Waals surface area (Å²) in [5.41, 5.74) is 3.27. The maximum absolute atomic E-state index is 12.1. The van der Waals surface area contributed by atoms with Gasteiger partial charge in [0, 0.05) is 11.8 Å². The maximum atomic E-state index is 12.1. The van der Waals surface area contributed by atoms with Crippen molar-refractivity contribution in [3.63, 3.8) is 0 Å². The molecular formula is C16H16N2O3. The minimum Gasteiger partial charge on any atom is -0.478 e. The SMILES string of the molecule is Cc1ccc(C(=O)NCc2cc(C(=O)O)ccn2)c(C)c1. The zero-order chi connectivity index (χ0) is 15.4. The van der Waals surface area contributed by atoms with Gasteiger partial charge >= 0.3 is 5.97 Å². The summed E-state index contributed by atoms with van der Waals surface area (Å²) in [7, 11) is 0. The Morgan fingerprint density at radius 3 is 2.62 bits per heavy atom. The Morgan fingerprint density at radius 2 is 1.95 bits per heavy atom. The van der Waals surface area contributed by atoms with Gasteiger partial charge < -0.3 is 10.4 Å². The number of nitrogens with zero attached hydrogens (tertiary/aromatic N) is 1. The highest BCUT2D eigenvalue weighted by Gasteiger charge is 2.10. The molecule has 0 saturated heterocycles. The molecule has 0 aliphatic carbocycles. The summed E-state index contributed by atoms with van der Waals surface area (Å²) in [5, 5.41) is 11.7. The van der Waals surface area contributed by atoms with Gasteiger partial charge in [0.25, 0.3) is 5.91 Å². The van der Waals surface area contributed by atoms with Crippen LogP contribution >= 0.6 is 0 Å². The number of rotatable bonds is 4. The van der Waals surface area contributed by atoms with Crippen molar-refractivity contribution >= 4 is 11.9 Å². The molecule has 0 saturated carbocycles. The van der Waals surface area contributed by atoms with Crippen LogP contribution in [0.1, 0.15) is 37.5 Å². The minimum atomic E-state index is -1.01. The largest absolute Gasteiger partial charge is 0.478 e. The molecule has 1 amide bonds. The third-order valence-electron chi connectivity index (χ3n) is 3.12. The Kier molecular flexibility index (Phi) is 4.33.